The van der Waals surface area contributed by atoms with Crippen LogP contribution in [0.1, 0.15) is 32.9 Å². The highest BCUT2D eigenvalue weighted by Gasteiger charge is 2.12. The van der Waals surface area contributed by atoms with Gasteiger partial charge in [-0.05, 0) is 62.7 Å². The van der Waals surface area contributed by atoms with E-state index in [0.29, 0.717) is 10.6 Å². The van der Waals surface area contributed by atoms with Crippen LogP contribution in [0.4, 0.5) is 5.69 Å². The van der Waals surface area contributed by atoms with Crippen molar-refractivity contribution in [3.8, 4) is 5.69 Å². The minimum absolute atomic E-state index is 0.358. The van der Waals surface area contributed by atoms with Crippen molar-refractivity contribution in [3.63, 3.8) is 0 Å². The van der Waals surface area contributed by atoms with Crippen molar-refractivity contribution < 1.29 is 9.53 Å². The molecule has 4 nitrogen and oxygen atoms in total. The lowest BCUT2D eigenvalue weighted by atomic mass is 10.1. The third-order valence-electron chi connectivity index (χ3n) is 4.59. The van der Waals surface area contributed by atoms with Crippen LogP contribution in [0.5, 0.6) is 0 Å². The van der Waals surface area contributed by atoms with Gasteiger partial charge in [-0.2, -0.15) is 0 Å². The number of halogens is 1. The van der Waals surface area contributed by atoms with Crippen LogP contribution in [-0.2, 0) is 4.74 Å². The Morgan fingerprint density at radius 1 is 1.11 bits per heavy atom. The Hall–Kier alpha value is -2.85. The Kier molecular flexibility index (Phi) is 5.47. The molecule has 0 bridgehead atoms. The van der Waals surface area contributed by atoms with E-state index in [1.165, 1.54) is 7.11 Å². The molecule has 0 amide bonds. The molecule has 0 saturated carbocycles. The third kappa shape index (κ3) is 3.81. The van der Waals surface area contributed by atoms with Crippen LogP contribution in [0.2, 0.25) is 5.02 Å². The first-order valence-corrected chi connectivity index (χ1v) is 8.97. The number of ether oxygens (including phenoxy) is 1. The molecule has 0 N–H and O–H groups in total. The van der Waals surface area contributed by atoms with Crippen LogP contribution >= 0.6 is 11.6 Å². The first-order chi connectivity index (χ1) is 12.9. The summed E-state index contributed by atoms with van der Waals surface area (Å²) in [4.78, 5) is 16.5. The number of methoxy groups -OCH3 is 1. The Morgan fingerprint density at radius 2 is 1.85 bits per heavy atom. The van der Waals surface area contributed by atoms with Gasteiger partial charge in [-0.3, -0.25) is 4.99 Å². The predicted octanol–water partition coefficient (Wildman–Crippen LogP) is 5.59. The Labute approximate surface area is 164 Å². The van der Waals surface area contributed by atoms with Crippen molar-refractivity contribution in [1.29, 1.82) is 0 Å². The molecule has 3 rings (SSSR count). The van der Waals surface area contributed by atoms with Crippen molar-refractivity contribution >= 4 is 29.5 Å². The van der Waals surface area contributed by atoms with Gasteiger partial charge in [-0.25, -0.2) is 4.79 Å². The normalized spacial score (nSPS) is 11.1. The summed E-state index contributed by atoms with van der Waals surface area (Å²) in [5.41, 5.74) is 6.25. The van der Waals surface area contributed by atoms with Crippen molar-refractivity contribution in [1.82, 2.24) is 4.57 Å². The van der Waals surface area contributed by atoms with E-state index in [1.807, 2.05) is 57.3 Å². The smallest absolute Gasteiger partial charge is 0.338 e. The van der Waals surface area contributed by atoms with Gasteiger partial charge in [0.15, 0.2) is 0 Å². The monoisotopic (exact) mass is 380 g/mol. The molecule has 0 aliphatic rings. The fourth-order valence-corrected chi connectivity index (χ4v) is 3.35. The van der Waals surface area contributed by atoms with E-state index in [2.05, 4.69) is 15.6 Å². The van der Waals surface area contributed by atoms with E-state index >= 15 is 0 Å². The average molecular weight is 381 g/mol. The zero-order valence-electron chi connectivity index (χ0n) is 15.8. The van der Waals surface area contributed by atoms with Crippen molar-refractivity contribution in [3.05, 3.63) is 81.6 Å². The van der Waals surface area contributed by atoms with Gasteiger partial charge in [0.05, 0.1) is 18.4 Å². The minimum atomic E-state index is -0.358. The summed E-state index contributed by atoms with van der Waals surface area (Å²) in [6.45, 7) is 5.97. The van der Waals surface area contributed by atoms with Crippen LogP contribution in [0.25, 0.3) is 5.69 Å². The number of carbonyl (C=O) groups is 1. The summed E-state index contributed by atoms with van der Waals surface area (Å²) in [6, 6.07) is 15.3. The zero-order chi connectivity index (χ0) is 19.6. The van der Waals surface area contributed by atoms with Gasteiger partial charge in [0.25, 0.3) is 0 Å². The predicted molar refractivity (Wildman–Crippen MR) is 110 cm³/mol. The van der Waals surface area contributed by atoms with E-state index in [0.717, 1.165) is 33.9 Å². The van der Waals surface area contributed by atoms with E-state index in [9.17, 15) is 4.79 Å². The van der Waals surface area contributed by atoms with Gasteiger partial charge in [0.1, 0.15) is 0 Å². The van der Waals surface area contributed by atoms with Crippen molar-refractivity contribution in [2.45, 2.75) is 20.8 Å². The number of aryl methyl sites for hydroxylation is 1. The van der Waals surface area contributed by atoms with Gasteiger partial charge in [-0.15, -0.1) is 0 Å². The van der Waals surface area contributed by atoms with Gasteiger partial charge in [-0.1, -0.05) is 23.7 Å². The lowest BCUT2D eigenvalue weighted by Crippen LogP contribution is -2.03. The molecule has 0 aliphatic heterocycles. The Bertz CT molecular complexity index is 1030. The number of aliphatic imine (C=N–C) groups is 1. The minimum Gasteiger partial charge on any atom is -0.465 e. The zero-order valence-corrected chi connectivity index (χ0v) is 16.5. The second-order valence-electron chi connectivity index (χ2n) is 6.34. The summed E-state index contributed by atoms with van der Waals surface area (Å²) in [7, 11) is 1.38. The molecule has 0 unspecified atom stereocenters. The topological polar surface area (TPSA) is 43.6 Å². The Morgan fingerprint density at radius 3 is 2.56 bits per heavy atom. The molecule has 0 atom stereocenters. The molecule has 5 heteroatoms. The van der Waals surface area contributed by atoms with E-state index in [-0.39, 0.29) is 5.97 Å². The van der Waals surface area contributed by atoms with Gasteiger partial charge in [0.2, 0.25) is 0 Å². The molecule has 2 aromatic carbocycles. The molecule has 27 heavy (non-hydrogen) atoms. The fourth-order valence-electron chi connectivity index (χ4n) is 3.16. The highest BCUT2D eigenvalue weighted by Crippen LogP contribution is 2.25. The molecule has 0 saturated heterocycles. The summed E-state index contributed by atoms with van der Waals surface area (Å²) < 4.78 is 6.97. The van der Waals surface area contributed by atoms with Crippen LogP contribution < -0.4 is 0 Å². The lowest BCUT2D eigenvalue weighted by Gasteiger charge is -2.10. The molecular formula is C22H21ClN2O2. The number of hydrogen-bond donors (Lipinski definition) is 0. The summed E-state index contributed by atoms with van der Waals surface area (Å²) in [5.74, 6) is -0.358. The summed E-state index contributed by atoms with van der Waals surface area (Å²) in [5, 5.41) is 0.700. The molecular weight excluding hydrogens is 360 g/mol. The first kappa shape index (κ1) is 18.9. The van der Waals surface area contributed by atoms with Crippen molar-refractivity contribution in [2.24, 2.45) is 4.99 Å². The lowest BCUT2D eigenvalue weighted by molar-refractivity contribution is 0.0600. The maximum Gasteiger partial charge on any atom is 0.338 e. The number of benzene rings is 2. The highest BCUT2D eigenvalue weighted by molar-refractivity contribution is 6.30. The molecule has 0 radical (unpaired) electrons. The van der Waals surface area contributed by atoms with Gasteiger partial charge < -0.3 is 9.30 Å². The van der Waals surface area contributed by atoms with E-state index in [1.54, 1.807) is 12.1 Å². The average Bonchev–Trinajstić information content (AvgIpc) is 2.93. The van der Waals surface area contributed by atoms with Crippen LogP contribution in [0.3, 0.4) is 0 Å². The van der Waals surface area contributed by atoms with Gasteiger partial charge in [0, 0.05) is 33.9 Å². The van der Waals surface area contributed by atoms with E-state index in [4.69, 9.17) is 16.3 Å². The van der Waals surface area contributed by atoms with E-state index < -0.39 is 0 Å². The van der Waals surface area contributed by atoms with Gasteiger partial charge >= 0.3 is 5.97 Å². The molecule has 0 aliphatic carbocycles. The maximum absolute atomic E-state index is 11.9. The molecule has 1 aromatic heterocycles. The third-order valence-corrected chi connectivity index (χ3v) is 4.83. The summed E-state index contributed by atoms with van der Waals surface area (Å²) >= 11 is 6.14. The molecule has 3 aromatic rings. The quantitative estimate of drug-likeness (QED) is 0.437. The van der Waals surface area contributed by atoms with Crippen LogP contribution in [-0.4, -0.2) is 23.9 Å². The molecule has 0 fully saturated rings. The maximum atomic E-state index is 11.9. The van der Waals surface area contributed by atoms with Crippen molar-refractivity contribution in [2.75, 3.05) is 7.11 Å². The summed E-state index contributed by atoms with van der Waals surface area (Å²) in [6.07, 6.45) is 1.83. The number of carbonyl (C=O) groups excluding carboxylic acids is 1. The second kappa shape index (κ2) is 7.80. The Balaban J connectivity index is 1.98. The molecule has 1 heterocycles. The number of nitrogens with zero attached hydrogens (tertiary/aromatic N) is 2. The van der Waals surface area contributed by atoms with Crippen LogP contribution in [0.15, 0.2) is 53.5 Å². The molecule has 138 valence electrons. The first-order valence-electron chi connectivity index (χ1n) is 8.59. The molecule has 0 spiro atoms. The SMILES string of the molecule is COC(=O)c1cccc(N=Cc2cc(C)n(-c3cccc(Cl)c3)c2C)c1C. The standard InChI is InChI=1S/C22H21ClN2O2/c1-14-11-17(16(3)25(14)19-8-5-7-18(23)12-19)13-24-21-10-6-9-20(15(21)2)22(26)27-4/h5-13H,1-4H3. The van der Waals surface area contributed by atoms with Crippen LogP contribution in [0, 0.1) is 20.8 Å². The highest BCUT2D eigenvalue weighted by atomic mass is 35.5. The fraction of sp³-hybridized carbons (Fsp3) is 0.182. The number of hydrogen-bond acceptors (Lipinski definition) is 3. The largest absolute Gasteiger partial charge is 0.465 e. The second-order valence-corrected chi connectivity index (χ2v) is 6.78. The number of aromatic nitrogens is 1. The number of esters is 1. The number of rotatable bonds is 4.